The second kappa shape index (κ2) is 12.7. The zero-order chi connectivity index (χ0) is 27.9. The third kappa shape index (κ3) is 8.50. The highest BCUT2D eigenvalue weighted by Gasteiger charge is 2.40. The molecule has 38 heavy (non-hydrogen) atoms. The summed E-state index contributed by atoms with van der Waals surface area (Å²) < 4.78 is 43.9. The number of nitrogens with zero attached hydrogens (tertiary/aromatic N) is 1. The van der Waals surface area contributed by atoms with Crippen LogP contribution in [0.25, 0.3) is 0 Å². The lowest BCUT2D eigenvalue weighted by Crippen LogP contribution is -2.51. The summed E-state index contributed by atoms with van der Waals surface area (Å²) in [5.74, 6) is -1.40. The Hall–Kier alpha value is -3.02. The van der Waals surface area contributed by atoms with Gasteiger partial charge < -0.3 is 29.9 Å². The highest BCUT2D eigenvalue weighted by Crippen LogP contribution is 2.40. The summed E-state index contributed by atoms with van der Waals surface area (Å²) in [6, 6.07) is 13.1. The third-order valence-electron chi connectivity index (χ3n) is 6.31. The van der Waals surface area contributed by atoms with E-state index in [1.165, 1.54) is 12.5 Å². The molecule has 1 fully saturated rings. The Balaban J connectivity index is 0.000000505. The number of halogens is 4. The first-order chi connectivity index (χ1) is 17.9. The minimum atomic E-state index is -5.08. The molecular weight excluding hydrogens is 529 g/mol. The average molecular weight is 559 g/mol. The van der Waals surface area contributed by atoms with E-state index in [0.29, 0.717) is 18.0 Å². The number of carbonyl (C=O) groups excluding carboxylic acids is 1. The number of carbonyl (C=O) groups is 2. The van der Waals surface area contributed by atoms with Crippen LogP contribution in [0.3, 0.4) is 0 Å². The molecule has 0 aliphatic carbocycles. The van der Waals surface area contributed by atoms with Crippen molar-refractivity contribution in [2.75, 3.05) is 31.6 Å². The maximum absolute atomic E-state index is 11.3. The lowest BCUT2D eigenvalue weighted by Gasteiger charge is -2.45. The van der Waals surface area contributed by atoms with Gasteiger partial charge in [0.05, 0.1) is 5.69 Å². The lowest BCUT2D eigenvalue weighted by atomic mass is 9.83. The molecule has 0 bridgehead atoms. The number of alkyl halides is 3. The summed E-state index contributed by atoms with van der Waals surface area (Å²) in [6.07, 6.45) is -1.84. The van der Waals surface area contributed by atoms with Crippen molar-refractivity contribution in [3.63, 3.8) is 0 Å². The average Bonchev–Trinajstić information content (AvgIpc) is 2.85. The monoisotopic (exact) mass is 558 g/mol. The summed E-state index contributed by atoms with van der Waals surface area (Å²) >= 11 is 6.10. The molecule has 2 aliphatic heterocycles. The fraction of sp³-hybridized carbons (Fsp3) is 0.462. The van der Waals surface area contributed by atoms with E-state index in [2.05, 4.69) is 10.2 Å². The number of carboxylic acids is 1. The van der Waals surface area contributed by atoms with Gasteiger partial charge in [0, 0.05) is 31.6 Å². The van der Waals surface area contributed by atoms with Crippen LogP contribution >= 0.6 is 11.6 Å². The van der Waals surface area contributed by atoms with Gasteiger partial charge in [-0.15, -0.1) is 0 Å². The van der Waals surface area contributed by atoms with Crippen LogP contribution in [0.15, 0.2) is 42.5 Å². The Morgan fingerprint density at radius 3 is 2.47 bits per heavy atom. The Bertz CT molecular complexity index is 1120. The quantitative estimate of drug-likeness (QED) is 0.478. The predicted molar refractivity (Wildman–Crippen MR) is 135 cm³/mol. The number of benzene rings is 2. The molecule has 3 N–H and O–H groups in total. The van der Waals surface area contributed by atoms with Crippen molar-refractivity contribution in [1.29, 1.82) is 0 Å². The van der Waals surface area contributed by atoms with Gasteiger partial charge in [-0.3, -0.25) is 4.79 Å². The van der Waals surface area contributed by atoms with Crippen molar-refractivity contribution in [1.82, 2.24) is 4.90 Å². The highest BCUT2D eigenvalue weighted by atomic mass is 35.5. The normalized spacial score (nSPS) is 17.3. The zero-order valence-corrected chi connectivity index (χ0v) is 21.5. The van der Waals surface area contributed by atoms with Gasteiger partial charge >= 0.3 is 12.1 Å². The van der Waals surface area contributed by atoms with E-state index in [1.807, 2.05) is 30.3 Å². The number of β-amino-alcohol motifs (C(OH)–C–C–N with tert-alkyl or cyclic N) is 1. The van der Waals surface area contributed by atoms with Crippen LogP contribution in [0.2, 0.25) is 5.02 Å². The number of amides is 1. The minimum absolute atomic E-state index is 0.115. The van der Waals surface area contributed by atoms with E-state index >= 15 is 0 Å². The molecule has 2 aliphatic rings. The molecule has 8 nitrogen and oxygen atoms in total. The topological polar surface area (TPSA) is 108 Å². The fourth-order valence-electron chi connectivity index (χ4n) is 4.41. The Kier molecular flexibility index (Phi) is 9.86. The van der Waals surface area contributed by atoms with E-state index in [0.717, 1.165) is 49.5 Å². The van der Waals surface area contributed by atoms with E-state index < -0.39 is 18.2 Å². The van der Waals surface area contributed by atoms with Gasteiger partial charge in [-0.25, -0.2) is 4.79 Å². The summed E-state index contributed by atoms with van der Waals surface area (Å²) in [5, 5.41) is 21.1. The molecule has 1 amide bonds. The second-order valence-electron chi connectivity index (χ2n) is 9.28. The molecule has 0 radical (unpaired) electrons. The molecule has 1 spiro atoms. The smallest absolute Gasteiger partial charge is 0.489 e. The van der Waals surface area contributed by atoms with Gasteiger partial charge in [0.1, 0.15) is 29.8 Å². The van der Waals surface area contributed by atoms with Crippen LogP contribution in [-0.2, 0) is 16.0 Å². The molecule has 2 aromatic carbocycles. The fourth-order valence-corrected chi connectivity index (χ4v) is 4.60. The Labute approximate surface area is 223 Å². The largest absolute Gasteiger partial charge is 0.490 e. The first-order valence-corrected chi connectivity index (χ1v) is 12.4. The van der Waals surface area contributed by atoms with Gasteiger partial charge in [0.15, 0.2) is 0 Å². The molecule has 2 heterocycles. The predicted octanol–water partition coefficient (Wildman–Crippen LogP) is 4.53. The summed E-state index contributed by atoms with van der Waals surface area (Å²) in [5.41, 5.74) is 1.68. The van der Waals surface area contributed by atoms with Crippen molar-refractivity contribution in [3.8, 4) is 11.5 Å². The van der Waals surface area contributed by atoms with Gasteiger partial charge in [0.25, 0.3) is 0 Å². The number of rotatable bonds is 6. The maximum atomic E-state index is 11.3. The van der Waals surface area contributed by atoms with Crippen LogP contribution in [0.5, 0.6) is 11.5 Å². The molecule has 208 valence electrons. The van der Waals surface area contributed by atoms with Crippen LogP contribution in [0.4, 0.5) is 18.9 Å². The number of anilines is 1. The van der Waals surface area contributed by atoms with Gasteiger partial charge in [0.2, 0.25) is 5.91 Å². The van der Waals surface area contributed by atoms with Crippen molar-refractivity contribution in [2.24, 2.45) is 0 Å². The van der Waals surface area contributed by atoms with Crippen molar-refractivity contribution < 1.29 is 42.4 Å². The molecular formula is C26H30ClF3N2O6. The number of aliphatic hydroxyl groups is 1. The number of aliphatic hydroxyl groups excluding tert-OH is 1. The maximum Gasteiger partial charge on any atom is 0.490 e. The van der Waals surface area contributed by atoms with Gasteiger partial charge in [-0.05, 0) is 61.6 Å². The number of ether oxygens (including phenoxy) is 2. The minimum Gasteiger partial charge on any atom is -0.489 e. The Morgan fingerprint density at radius 1 is 1.18 bits per heavy atom. The number of nitrogens with one attached hydrogen (secondary N) is 1. The van der Waals surface area contributed by atoms with Crippen LogP contribution in [0, 0.1) is 0 Å². The van der Waals surface area contributed by atoms with Crippen molar-refractivity contribution >= 4 is 29.2 Å². The molecule has 4 rings (SSSR count). The van der Waals surface area contributed by atoms with Gasteiger partial charge in [-0.2, -0.15) is 13.2 Å². The number of carboxylic acid groups (broad SMARTS) is 1. The molecule has 0 aromatic heterocycles. The van der Waals surface area contributed by atoms with E-state index in [1.54, 1.807) is 12.1 Å². The summed E-state index contributed by atoms with van der Waals surface area (Å²) in [6.45, 7) is 3.93. The summed E-state index contributed by atoms with van der Waals surface area (Å²) in [7, 11) is 0. The van der Waals surface area contributed by atoms with E-state index in [-0.39, 0.29) is 18.1 Å². The summed E-state index contributed by atoms with van der Waals surface area (Å²) in [4.78, 5) is 22.5. The van der Waals surface area contributed by atoms with Crippen LogP contribution in [-0.4, -0.2) is 71.1 Å². The number of para-hydroxylation sites is 2. The highest BCUT2D eigenvalue weighted by molar-refractivity contribution is 6.30. The number of aliphatic carboxylic acids is 1. The van der Waals surface area contributed by atoms with E-state index in [9.17, 15) is 23.1 Å². The van der Waals surface area contributed by atoms with Crippen LogP contribution < -0.4 is 14.8 Å². The van der Waals surface area contributed by atoms with Crippen molar-refractivity contribution in [3.05, 3.63) is 53.1 Å². The number of likely N-dealkylation sites (tertiary alicyclic amines) is 1. The molecule has 1 saturated heterocycles. The van der Waals surface area contributed by atoms with Gasteiger partial charge in [-0.1, -0.05) is 23.7 Å². The first kappa shape index (κ1) is 29.5. The third-order valence-corrected chi connectivity index (χ3v) is 6.54. The number of aryl methyl sites for hydroxylation is 1. The second-order valence-corrected chi connectivity index (χ2v) is 9.72. The number of piperidine rings is 1. The van der Waals surface area contributed by atoms with Crippen LogP contribution in [0.1, 0.15) is 31.7 Å². The number of fused-ring (bicyclic) bond motifs is 1. The molecule has 0 unspecified atom stereocenters. The number of hydrogen-bond acceptors (Lipinski definition) is 6. The Morgan fingerprint density at radius 2 is 1.84 bits per heavy atom. The van der Waals surface area contributed by atoms with E-state index in [4.69, 9.17) is 31.0 Å². The zero-order valence-electron chi connectivity index (χ0n) is 20.8. The standard InChI is InChI=1S/C24H29ClN2O4.C2HF3O2/c1-17(28)26-21-4-2-3-5-23(21)30-16-20(29)15-27-12-10-24(11-13-27)9-8-18-14-19(25)6-7-22(18)31-24;3-2(4,5)1(6)7/h2-7,14,20,29H,8-13,15-16H2,1H3,(H,26,28);(H,6,7)/t20-;/m0./s1. The first-order valence-electron chi connectivity index (χ1n) is 12.0. The lowest BCUT2D eigenvalue weighted by molar-refractivity contribution is -0.192. The number of hydrogen-bond donors (Lipinski definition) is 3. The SMILES string of the molecule is CC(=O)Nc1ccccc1OC[C@@H](O)CN1CCC2(CCc3cc(Cl)ccc3O2)CC1.O=C(O)C(F)(F)F. The molecule has 12 heteroatoms. The molecule has 0 saturated carbocycles. The molecule has 2 aromatic rings. The molecule has 1 atom stereocenters. The van der Waals surface area contributed by atoms with Crippen molar-refractivity contribution in [2.45, 2.75) is 50.5 Å².